The number of thioether (sulfide) groups is 1. The maximum absolute atomic E-state index is 4.26. The zero-order valence-electron chi connectivity index (χ0n) is 10.9. The van der Waals surface area contributed by atoms with Gasteiger partial charge in [-0.2, -0.15) is 16.9 Å². The standard InChI is InChI=1S/C13H23N3S/c1-3-14-12(13-6-4-5-7-17-13)8-11-9-15-16(2)10-11/h9-10,12-14H,3-8H2,1-2H3. The SMILES string of the molecule is CCNC(Cc1cnn(C)c1)C1CCCCS1. The molecule has 0 saturated carbocycles. The van der Waals surface area contributed by atoms with Gasteiger partial charge < -0.3 is 5.32 Å². The summed E-state index contributed by atoms with van der Waals surface area (Å²) in [6.45, 7) is 3.26. The first kappa shape index (κ1) is 13.0. The van der Waals surface area contributed by atoms with E-state index in [9.17, 15) is 0 Å². The fourth-order valence-electron chi connectivity index (χ4n) is 2.51. The Morgan fingerprint density at radius 2 is 2.47 bits per heavy atom. The van der Waals surface area contributed by atoms with Crippen molar-refractivity contribution >= 4 is 11.8 Å². The topological polar surface area (TPSA) is 29.9 Å². The molecule has 1 saturated heterocycles. The highest BCUT2D eigenvalue weighted by Crippen LogP contribution is 2.28. The van der Waals surface area contributed by atoms with Crippen LogP contribution in [-0.4, -0.2) is 33.4 Å². The van der Waals surface area contributed by atoms with Crippen LogP contribution in [-0.2, 0) is 13.5 Å². The molecule has 0 aliphatic carbocycles. The van der Waals surface area contributed by atoms with Crippen molar-refractivity contribution in [2.24, 2.45) is 7.05 Å². The van der Waals surface area contributed by atoms with Gasteiger partial charge in [-0.1, -0.05) is 13.3 Å². The number of likely N-dealkylation sites (N-methyl/N-ethyl adjacent to an activating group) is 1. The summed E-state index contributed by atoms with van der Waals surface area (Å²) in [5.41, 5.74) is 1.35. The van der Waals surface area contributed by atoms with Gasteiger partial charge in [0.15, 0.2) is 0 Å². The van der Waals surface area contributed by atoms with Crippen molar-refractivity contribution in [1.29, 1.82) is 0 Å². The van der Waals surface area contributed by atoms with E-state index in [1.165, 1.54) is 30.6 Å². The second-order valence-electron chi connectivity index (χ2n) is 4.80. The predicted molar refractivity (Wildman–Crippen MR) is 74.5 cm³/mol. The Bertz CT molecular complexity index is 331. The van der Waals surface area contributed by atoms with E-state index in [0.717, 1.165) is 18.2 Å². The normalized spacial score (nSPS) is 22.6. The minimum absolute atomic E-state index is 0.606. The van der Waals surface area contributed by atoms with Crippen LogP contribution in [0.2, 0.25) is 0 Å². The molecule has 1 aromatic heterocycles. The van der Waals surface area contributed by atoms with Gasteiger partial charge in [-0.15, -0.1) is 0 Å². The Balaban J connectivity index is 1.95. The van der Waals surface area contributed by atoms with E-state index in [-0.39, 0.29) is 0 Å². The number of nitrogens with one attached hydrogen (secondary N) is 1. The minimum atomic E-state index is 0.606. The molecule has 0 aromatic carbocycles. The van der Waals surface area contributed by atoms with Crippen molar-refractivity contribution in [3.8, 4) is 0 Å². The summed E-state index contributed by atoms with van der Waals surface area (Å²) in [7, 11) is 1.99. The molecule has 0 bridgehead atoms. The molecular weight excluding hydrogens is 230 g/mol. The average Bonchev–Trinajstić information content (AvgIpc) is 2.75. The van der Waals surface area contributed by atoms with Crippen molar-refractivity contribution in [1.82, 2.24) is 15.1 Å². The zero-order chi connectivity index (χ0) is 12.1. The van der Waals surface area contributed by atoms with E-state index in [2.05, 4.69) is 35.3 Å². The third kappa shape index (κ3) is 3.75. The summed E-state index contributed by atoms with van der Waals surface area (Å²) >= 11 is 2.15. The number of hydrogen-bond acceptors (Lipinski definition) is 3. The Labute approximate surface area is 108 Å². The molecule has 0 spiro atoms. The van der Waals surface area contributed by atoms with E-state index in [1.54, 1.807) is 0 Å². The average molecular weight is 253 g/mol. The molecule has 3 nitrogen and oxygen atoms in total. The molecule has 1 aliphatic rings. The van der Waals surface area contributed by atoms with Crippen molar-refractivity contribution in [2.45, 2.75) is 43.9 Å². The zero-order valence-corrected chi connectivity index (χ0v) is 11.7. The molecule has 2 heterocycles. The Morgan fingerprint density at radius 3 is 3.06 bits per heavy atom. The Morgan fingerprint density at radius 1 is 1.59 bits per heavy atom. The van der Waals surface area contributed by atoms with E-state index >= 15 is 0 Å². The summed E-state index contributed by atoms with van der Waals surface area (Å²) in [5, 5.41) is 8.69. The van der Waals surface area contributed by atoms with E-state index < -0.39 is 0 Å². The first-order valence-electron chi connectivity index (χ1n) is 6.62. The third-order valence-electron chi connectivity index (χ3n) is 3.34. The van der Waals surface area contributed by atoms with Crippen molar-refractivity contribution in [3.05, 3.63) is 18.0 Å². The fraction of sp³-hybridized carbons (Fsp3) is 0.769. The maximum Gasteiger partial charge on any atom is 0.0522 e. The number of nitrogens with zero attached hydrogens (tertiary/aromatic N) is 2. The van der Waals surface area contributed by atoms with Gasteiger partial charge in [0.05, 0.1) is 6.20 Å². The largest absolute Gasteiger partial charge is 0.313 e. The van der Waals surface area contributed by atoms with Crippen LogP contribution in [0.15, 0.2) is 12.4 Å². The summed E-state index contributed by atoms with van der Waals surface area (Å²) in [5.74, 6) is 1.33. The van der Waals surface area contributed by atoms with Gasteiger partial charge in [-0.05, 0) is 37.1 Å². The lowest BCUT2D eigenvalue weighted by molar-refractivity contribution is 0.472. The van der Waals surface area contributed by atoms with Crippen molar-refractivity contribution in [2.75, 3.05) is 12.3 Å². The first-order valence-corrected chi connectivity index (χ1v) is 7.67. The Kier molecular flexibility index (Phi) is 4.92. The molecule has 17 heavy (non-hydrogen) atoms. The highest BCUT2D eigenvalue weighted by molar-refractivity contribution is 8.00. The monoisotopic (exact) mass is 253 g/mol. The second-order valence-corrected chi connectivity index (χ2v) is 6.14. The lowest BCUT2D eigenvalue weighted by atomic mass is 10.0. The van der Waals surface area contributed by atoms with Gasteiger partial charge in [-0.3, -0.25) is 4.68 Å². The van der Waals surface area contributed by atoms with Crippen LogP contribution in [0.5, 0.6) is 0 Å². The van der Waals surface area contributed by atoms with E-state index in [0.29, 0.717) is 6.04 Å². The van der Waals surface area contributed by atoms with Crippen LogP contribution in [0, 0.1) is 0 Å². The van der Waals surface area contributed by atoms with Crippen LogP contribution in [0.3, 0.4) is 0 Å². The van der Waals surface area contributed by atoms with E-state index in [1.807, 2.05) is 17.9 Å². The van der Waals surface area contributed by atoms with E-state index in [4.69, 9.17) is 0 Å². The molecule has 2 rings (SSSR count). The summed E-state index contributed by atoms with van der Waals surface area (Å²) < 4.78 is 1.90. The first-order chi connectivity index (χ1) is 8.29. The number of aryl methyl sites for hydroxylation is 1. The third-order valence-corrected chi connectivity index (χ3v) is 4.86. The number of hydrogen-bond donors (Lipinski definition) is 1. The molecule has 4 heteroatoms. The molecule has 1 fully saturated rings. The van der Waals surface area contributed by atoms with Crippen LogP contribution in [0.1, 0.15) is 31.7 Å². The molecule has 0 amide bonds. The molecule has 1 aromatic rings. The lowest BCUT2D eigenvalue weighted by Gasteiger charge is -2.30. The van der Waals surface area contributed by atoms with Gasteiger partial charge in [0, 0.05) is 24.5 Å². The number of rotatable bonds is 5. The Hall–Kier alpha value is -0.480. The second kappa shape index (κ2) is 6.45. The van der Waals surface area contributed by atoms with Crippen molar-refractivity contribution in [3.63, 3.8) is 0 Å². The fourth-order valence-corrected chi connectivity index (χ4v) is 3.94. The summed E-state index contributed by atoms with van der Waals surface area (Å²) in [4.78, 5) is 0. The molecular formula is C13H23N3S. The predicted octanol–water partition coefficient (Wildman–Crippen LogP) is 2.23. The molecule has 96 valence electrons. The van der Waals surface area contributed by atoms with Crippen LogP contribution < -0.4 is 5.32 Å². The van der Waals surface area contributed by atoms with Crippen LogP contribution >= 0.6 is 11.8 Å². The quantitative estimate of drug-likeness (QED) is 0.872. The molecule has 1 N–H and O–H groups in total. The molecule has 2 atom stereocenters. The van der Waals surface area contributed by atoms with Gasteiger partial charge >= 0.3 is 0 Å². The molecule has 2 unspecified atom stereocenters. The smallest absolute Gasteiger partial charge is 0.0522 e. The summed E-state index contributed by atoms with van der Waals surface area (Å²) in [6.07, 6.45) is 9.40. The van der Waals surface area contributed by atoms with Gasteiger partial charge in [0.25, 0.3) is 0 Å². The number of aromatic nitrogens is 2. The van der Waals surface area contributed by atoms with Crippen molar-refractivity contribution < 1.29 is 0 Å². The van der Waals surface area contributed by atoms with Crippen LogP contribution in [0.25, 0.3) is 0 Å². The minimum Gasteiger partial charge on any atom is -0.313 e. The highest BCUT2D eigenvalue weighted by atomic mass is 32.2. The van der Waals surface area contributed by atoms with Gasteiger partial charge in [0.2, 0.25) is 0 Å². The summed E-state index contributed by atoms with van der Waals surface area (Å²) in [6, 6.07) is 0.606. The van der Waals surface area contributed by atoms with Crippen LogP contribution in [0.4, 0.5) is 0 Å². The maximum atomic E-state index is 4.26. The molecule has 0 radical (unpaired) electrons. The van der Waals surface area contributed by atoms with Gasteiger partial charge in [0.1, 0.15) is 0 Å². The lowest BCUT2D eigenvalue weighted by Crippen LogP contribution is -2.41. The molecule has 1 aliphatic heterocycles. The highest BCUT2D eigenvalue weighted by Gasteiger charge is 2.23. The van der Waals surface area contributed by atoms with Gasteiger partial charge in [-0.25, -0.2) is 0 Å².